The number of rotatable bonds is 6. The van der Waals surface area contributed by atoms with Crippen LogP contribution in [0.2, 0.25) is 0 Å². The SMILES string of the molecule is CC=CCN1C(=O)C2C(C(=O)O)NC(c3ccc(Oc4ccccc4)cc3)C2C1=O. The number of likely N-dealkylation sites (tertiary alicyclic amines) is 1. The van der Waals surface area contributed by atoms with Crippen molar-refractivity contribution in [1.82, 2.24) is 10.2 Å². The van der Waals surface area contributed by atoms with Gasteiger partial charge in [-0.1, -0.05) is 42.5 Å². The smallest absolute Gasteiger partial charge is 0.321 e. The lowest BCUT2D eigenvalue weighted by Crippen LogP contribution is -2.43. The van der Waals surface area contributed by atoms with Gasteiger partial charge in [0.1, 0.15) is 17.5 Å². The number of allylic oxidation sites excluding steroid dienone is 1. The van der Waals surface area contributed by atoms with Gasteiger partial charge in [-0.2, -0.15) is 0 Å². The maximum Gasteiger partial charge on any atom is 0.321 e. The Kier molecular flexibility index (Phi) is 5.37. The minimum Gasteiger partial charge on any atom is -0.480 e. The molecule has 2 fully saturated rings. The van der Waals surface area contributed by atoms with Crippen molar-refractivity contribution in [2.45, 2.75) is 19.0 Å². The molecular formula is C23H22N2O5. The maximum atomic E-state index is 13.0. The molecule has 0 aliphatic carbocycles. The summed E-state index contributed by atoms with van der Waals surface area (Å²) in [6.07, 6.45) is 3.47. The molecule has 7 heteroatoms. The van der Waals surface area contributed by atoms with Crippen molar-refractivity contribution >= 4 is 17.8 Å². The Hall–Kier alpha value is -3.45. The van der Waals surface area contributed by atoms with Gasteiger partial charge in [-0.15, -0.1) is 0 Å². The number of para-hydroxylation sites is 1. The molecular weight excluding hydrogens is 384 g/mol. The van der Waals surface area contributed by atoms with Crippen molar-refractivity contribution < 1.29 is 24.2 Å². The number of hydrogen-bond acceptors (Lipinski definition) is 5. The number of aliphatic carboxylic acids is 1. The molecule has 2 aromatic rings. The van der Waals surface area contributed by atoms with Crippen LogP contribution in [0.1, 0.15) is 18.5 Å². The molecule has 0 radical (unpaired) electrons. The van der Waals surface area contributed by atoms with Gasteiger partial charge in [0.2, 0.25) is 11.8 Å². The Bertz CT molecular complexity index is 986. The van der Waals surface area contributed by atoms with Gasteiger partial charge >= 0.3 is 5.97 Å². The number of benzene rings is 2. The van der Waals surface area contributed by atoms with E-state index >= 15 is 0 Å². The molecule has 2 saturated heterocycles. The van der Waals surface area contributed by atoms with Crippen LogP contribution in [-0.2, 0) is 14.4 Å². The molecule has 2 aromatic carbocycles. The van der Waals surface area contributed by atoms with Crippen molar-refractivity contribution in [3.63, 3.8) is 0 Å². The van der Waals surface area contributed by atoms with Crippen LogP contribution >= 0.6 is 0 Å². The summed E-state index contributed by atoms with van der Waals surface area (Å²) in [5, 5.41) is 12.6. The van der Waals surface area contributed by atoms with Crippen LogP contribution in [-0.4, -0.2) is 40.4 Å². The monoisotopic (exact) mass is 406 g/mol. The predicted octanol–water partition coefficient (Wildman–Crippen LogP) is 2.75. The van der Waals surface area contributed by atoms with Gasteiger partial charge in [-0.05, 0) is 36.8 Å². The third-order valence-electron chi connectivity index (χ3n) is 5.57. The summed E-state index contributed by atoms with van der Waals surface area (Å²) >= 11 is 0. The topological polar surface area (TPSA) is 95.9 Å². The molecule has 0 spiro atoms. The van der Waals surface area contributed by atoms with E-state index in [4.69, 9.17) is 4.74 Å². The molecule has 2 aliphatic rings. The number of ether oxygens (including phenoxy) is 1. The summed E-state index contributed by atoms with van der Waals surface area (Å²) in [6.45, 7) is 1.96. The van der Waals surface area contributed by atoms with Crippen molar-refractivity contribution in [2.24, 2.45) is 11.8 Å². The number of hydrogen-bond donors (Lipinski definition) is 2. The van der Waals surface area contributed by atoms with Gasteiger partial charge in [0, 0.05) is 12.6 Å². The molecule has 30 heavy (non-hydrogen) atoms. The second-order valence-corrected chi connectivity index (χ2v) is 7.35. The van der Waals surface area contributed by atoms with E-state index in [1.54, 1.807) is 43.3 Å². The van der Waals surface area contributed by atoms with E-state index in [9.17, 15) is 19.5 Å². The number of amides is 2. The van der Waals surface area contributed by atoms with Crippen LogP contribution in [0.25, 0.3) is 0 Å². The fourth-order valence-electron chi connectivity index (χ4n) is 4.16. The van der Waals surface area contributed by atoms with Gasteiger partial charge < -0.3 is 9.84 Å². The van der Waals surface area contributed by atoms with E-state index in [-0.39, 0.29) is 12.5 Å². The molecule has 2 aliphatic heterocycles. The quantitative estimate of drug-likeness (QED) is 0.566. The number of carboxylic acids is 1. The molecule has 2 N–H and O–H groups in total. The Morgan fingerprint density at radius 1 is 1.03 bits per heavy atom. The van der Waals surface area contributed by atoms with Crippen LogP contribution in [0.4, 0.5) is 0 Å². The fourth-order valence-corrected chi connectivity index (χ4v) is 4.16. The Labute approximate surface area is 174 Å². The number of carbonyl (C=O) groups excluding carboxylic acids is 2. The van der Waals surface area contributed by atoms with E-state index in [1.165, 1.54) is 0 Å². The minimum absolute atomic E-state index is 0.157. The Balaban J connectivity index is 1.60. The predicted molar refractivity (Wildman–Crippen MR) is 109 cm³/mol. The highest BCUT2D eigenvalue weighted by molar-refractivity contribution is 6.08. The Morgan fingerprint density at radius 3 is 2.30 bits per heavy atom. The van der Waals surface area contributed by atoms with Crippen LogP contribution in [0.3, 0.4) is 0 Å². The zero-order chi connectivity index (χ0) is 21.3. The number of nitrogens with zero attached hydrogens (tertiary/aromatic N) is 1. The third kappa shape index (κ3) is 3.48. The first kappa shape index (κ1) is 19.8. The van der Waals surface area contributed by atoms with E-state index in [2.05, 4.69) is 5.32 Å². The van der Waals surface area contributed by atoms with Gasteiger partial charge in [0.05, 0.1) is 11.8 Å². The summed E-state index contributed by atoms with van der Waals surface area (Å²) in [5.41, 5.74) is 0.739. The summed E-state index contributed by atoms with van der Waals surface area (Å²) in [6, 6.07) is 14.8. The molecule has 4 atom stereocenters. The third-order valence-corrected chi connectivity index (χ3v) is 5.57. The summed E-state index contributed by atoms with van der Waals surface area (Å²) in [7, 11) is 0. The van der Waals surface area contributed by atoms with Crippen LogP contribution < -0.4 is 10.1 Å². The zero-order valence-corrected chi connectivity index (χ0v) is 16.4. The standard InChI is InChI=1S/C23H22N2O5/c1-2-3-13-25-21(26)17-18(22(25)27)20(23(28)29)24-19(17)14-9-11-16(12-10-14)30-15-7-5-4-6-8-15/h2-12,17-20,24H,13H2,1H3,(H,28,29). The molecule has 154 valence electrons. The number of nitrogens with one attached hydrogen (secondary N) is 1. The van der Waals surface area contributed by atoms with Gasteiger partial charge in [0.15, 0.2) is 0 Å². The van der Waals surface area contributed by atoms with Gasteiger partial charge in [-0.3, -0.25) is 24.6 Å². The summed E-state index contributed by atoms with van der Waals surface area (Å²) in [5.74, 6) is -2.24. The first-order valence-electron chi connectivity index (χ1n) is 9.79. The lowest BCUT2D eigenvalue weighted by molar-refractivity contribution is -0.145. The van der Waals surface area contributed by atoms with E-state index < -0.39 is 35.8 Å². The van der Waals surface area contributed by atoms with Crippen molar-refractivity contribution in [2.75, 3.05) is 6.54 Å². The zero-order valence-electron chi connectivity index (χ0n) is 16.4. The Morgan fingerprint density at radius 2 is 1.67 bits per heavy atom. The molecule has 2 heterocycles. The molecule has 4 unspecified atom stereocenters. The molecule has 0 bridgehead atoms. The number of carbonyl (C=O) groups is 3. The normalized spacial score (nSPS) is 25.7. The number of fused-ring (bicyclic) bond motifs is 1. The summed E-state index contributed by atoms with van der Waals surface area (Å²) in [4.78, 5) is 38.7. The fraction of sp³-hybridized carbons (Fsp3) is 0.261. The molecule has 4 rings (SSSR count). The minimum atomic E-state index is -1.13. The largest absolute Gasteiger partial charge is 0.480 e. The average Bonchev–Trinajstić information content (AvgIpc) is 3.25. The van der Waals surface area contributed by atoms with E-state index in [0.29, 0.717) is 11.5 Å². The molecule has 0 saturated carbocycles. The second-order valence-electron chi connectivity index (χ2n) is 7.35. The first-order valence-corrected chi connectivity index (χ1v) is 9.79. The van der Waals surface area contributed by atoms with Crippen molar-refractivity contribution in [1.29, 1.82) is 0 Å². The average molecular weight is 406 g/mol. The molecule has 2 amide bonds. The van der Waals surface area contributed by atoms with Crippen molar-refractivity contribution in [3.8, 4) is 11.5 Å². The number of imide groups is 1. The lowest BCUT2D eigenvalue weighted by atomic mass is 9.86. The van der Waals surface area contributed by atoms with Gasteiger partial charge in [-0.25, -0.2) is 0 Å². The molecule has 0 aromatic heterocycles. The highest BCUT2D eigenvalue weighted by Crippen LogP contribution is 2.44. The van der Waals surface area contributed by atoms with Gasteiger partial charge in [0.25, 0.3) is 0 Å². The van der Waals surface area contributed by atoms with E-state index in [0.717, 1.165) is 10.5 Å². The van der Waals surface area contributed by atoms with Crippen LogP contribution in [0.5, 0.6) is 11.5 Å². The highest BCUT2D eigenvalue weighted by Gasteiger charge is 2.60. The second kappa shape index (κ2) is 8.12. The van der Waals surface area contributed by atoms with E-state index in [1.807, 2.05) is 30.3 Å². The number of carboxylic acid groups (broad SMARTS) is 1. The molecule has 7 nitrogen and oxygen atoms in total. The highest BCUT2D eigenvalue weighted by atomic mass is 16.5. The summed E-state index contributed by atoms with van der Waals surface area (Å²) < 4.78 is 5.79. The van der Waals surface area contributed by atoms with Crippen LogP contribution in [0.15, 0.2) is 66.7 Å². The van der Waals surface area contributed by atoms with Crippen LogP contribution in [0, 0.1) is 11.8 Å². The van der Waals surface area contributed by atoms with Crippen molar-refractivity contribution in [3.05, 3.63) is 72.3 Å². The lowest BCUT2D eigenvalue weighted by Gasteiger charge is -2.20. The first-order chi connectivity index (χ1) is 14.5. The maximum absolute atomic E-state index is 13.0.